The zero-order valence-electron chi connectivity index (χ0n) is 12.6. The van der Waals surface area contributed by atoms with Gasteiger partial charge in [-0.25, -0.2) is 9.50 Å². The van der Waals surface area contributed by atoms with Crippen molar-refractivity contribution in [3.05, 3.63) is 17.0 Å². The van der Waals surface area contributed by atoms with Gasteiger partial charge < -0.3 is 4.90 Å². The van der Waals surface area contributed by atoms with E-state index in [0.717, 1.165) is 42.9 Å². The second-order valence-electron chi connectivity index (χ2n) is 5.34. The van der Waals surface area contributed by atoms with Crippen LogP contribution >= 0.6 is 11.8 Å². The topological polar surface area (TPSA) is 63.4 Å². The standard InChI is InChI=1S/C14H19N5OS/c1-9-11(8-12(20)18-6-4-5-7-18)10(2)19-13(15-9)16-14(17-19)21-3/h4-8H2,1-3H3. The number of carbonyl (C=O) groups is 1. The number of nitrogens with zero attached hydrogens (tertiary/aromatic N) is 5. The molecule has 6 nitrogen and oxygen atoms in total. The number of carbonyl (C=O) groups excluding carboxylic acids is 1. The average Bonchev–Trinajstić information content (AvgIpc) is 3.11. The van der Waals surface area contributed by atoms with Crippen LogP contribution in [0.25, 0.3) is 5.78 Å². The molecule has 2 aromatic heterocycles. The van der Waals surface area contributed by atoms with Crippen LogP contribution in [0.2, 0.25) is 0 Å². The van der Waals surface area contributed by atoms with E-state index in [-0.39, 0.29) is 5.91 Å². The van der Waals surface area contributed by atoms with Gasteiger partial charge in [-0.1, -0.05) is 11.8 Å². The second kappa shape index (κ2) is 5.63. The summed E-state index contributed by atoms with van der Waals surface area (Å²) < 4.78 is 1.74. The van der Waals surface area contributed by atoms with Crippen molar-refractivity contribution in [2.75, 3.05) is 19.3 Å². The van der Waals surface area contributed by atoms with Crippen LogP contribution in [0.5, 0.6) is 0 Å². The molecule has 1 aliphatic rings. The van der Waals surface area contributed by atoms with Crippen molar-refractivity contribution >= 4 is 23.4 Å². The van der Waals surface area contributed by atoms with E-state index in [4.69, 9.17) is 0 Å². The fraction of sp³-hybridized carbons (Fsp3) is 0.571. The lowest BCUT2D eigenvalue weighted by Gasteiger charge is -2.17. The predicted molar refractivity (Wildman–Crippen MR) is 81.6 cm³/mol. The van der Waals surface area contributed by atoms with Gasteiger partial charge >= 0.3 is 0 Å². The summed E-state index contributed by atoms with van der Waals surface area (Å²) in [5, 5.41) is 5.12. The maximum absolute atomic E-state index is 12.4. The summed E-state index contributed by atoms with van der Waals surface area (Å²) in [5.41, 5.74) is 2.79. The third kappa shape index (κ3) is 2.62. The molecule has 0 bridgehead atoms. The van der Waals surface area contributed by atoms with E-state index in [9.17, 15) is 4.79 Å². The highest BCUT2D eigenvalue weighted by molar-refractivity contribution is 7.98. The van der Waals surface area contributed by atoms with Crippen LogP contribution < -0.4 is 0 Å². The van der Waals surface area contributed by atoms with Gasteiger partial charge in [-0.05, 0) is 32.9 Å². The highest BCUT2D eigenvalue weighted by atomic mass is 32.2. The molecule has 1 amide bonds. The van der Waals surface area contributed by atoms with Crippen LogP contribution in [0.1, 0.15) is 29.8 Å². The fourth-order valence-corrected chi connectivity index (χ4v) is 3.10. The van der Waals surface area contributed by atoms with Gasteiger partial charge in [0.05, 0.1) is 6.42 Å². The molecule has 112 valence electrons. The van der Waals surface area contributed by atoms with Gasteiger partial charge in [0.2, 0.25) is 11.1 Å². The lowest BCUT2D eigenvalue weighted by Crippen LogP contribution is -2.29. The number of aromatic nitrogens is 4. The van der Waals surface area contributed by atoms with Gasteiger partial charge in [0.15, 0.2) is 0 Å². The summed E-state index contributed by atoms with van der Waals surface area (Å²) in [7, 11) is 0. The molecule has 1 aliphatic heterocycles. The minimum absolute atomic E-state index is 0.185. The van der Waals surface area contributed by atoms with Crippen molar-refractivity contribution < 1.29 is 4.79 Å². The van der Waals surface area contributed by atoms with Crippen molar-refractivity contribution in [2.24, 2.45) is 0 Å². The largest absolute Gasteiger partial charge is 0.342 e. The van der Waals surface area contributed by atoms with Crippen LogP contribution in [-0.4, -0.2) is 49.7 Å². The minimum atomic E-state index is 0.185. The normalized spacial score (nSPS) is 15.1. The second-order valence-corrected chi connectivity index (χ2v) is 6.11. The number of aryl methyl sites for hydroxylation is 2. The van der Waals surface area contributed by atoms with E-state index in [2.05, 4.69) is 15.1 Å². The van der Waals surface area contributed by atoms with E-state index in [1.165, 1.54) is 11.8 Å². The first-order valence-corrected chi connectivity index (χ1v) is 8.37. The van der Waals surface area contributed by atoms with Crippen LogP contribution in [-0.2, 0) is 11.2 Å². The molecule has 0 radical (unpaired) electrons. The Hall–Kier alpha value is -1.63. The molecule has 1 saturated heterocycles. The first-order valence-electron chi connectivity index (χ1n) is 7.14. The summed E-state index contributed by atoms with van der Waals surface area (Å²) in [4.78, 5) is 23.2. The summed E-state index contributed by atoms with van der Waals surface area (Å²) >= 11 is 1.49. The molecular formula is C14H19N5OS. The van der Waals surface area contributed by atoms with Crippen molar-refractivity contribution in [1.82, 2.24) is 24.5 Å². The smallest absolute Gasteiger partial charge is 0.253 e. The van der Waals surface area contributed by atoms with E-state index >= 15 is 0 Å². The first-order chi connectivity index (χ1) is 10.1. The van der Waals surface area contributed by atoms with E-state index < -0.39 is 0 Å². The number of likely N-dealkylation sites (tertiary alicyclic amines) is 1. The molecule has 0 spiro atoms. The summed E-state index contributed by atoms with van der Waals surface area (Å²) in [6, 6.07) is 0. The van der Waals surface area contributed by atoms with Gasteiger partial charge in [-0.15, -0.1) is 5.10 Å². The Morgan fingerprint density at radius 2 is 1.95 bits per heavy atom. The predicted octanol–water partition coefficient (Wildman–Crippen LogP) is 1.63. The van der Waals surface area contributed by atoms with Gasteiger partial charge in [0.1, 0.15) is 0 Å². The molecule has 7 heteroatoms. The Morgan fingerprint density at radius 1 is 1.24 bits per heavy atom. The number of amides is 1. The molecule has 0 aliphatic carbocycles. The molecule has 2 aromatic rings. The van der Waals surface area contributed by atoms with E-state index in [0.29, 0.717) is 17.4 Å². The van der Waals surface area contributed by atoms with Crippen molar-refractivity contribution in [2.45, 2.75) is 38.3 Å². The van der Waals surface area contributed by atoms with Crippen LogP contribution in [0.4, 0.5) is 0 Å². The van der Waals surface area contributed by atoms with Gasteiger partial charge in [-0.3, -0.25) is 4.79 Å². The molecule has 0 unspecified atom stereocenters. The lowest BCUT2D eigenvalue weighted by atomic mass is 10.1. The summed E-state index contributed by atoms with van der Waals surface area (Å²) in [6.07, 6.45) is 4.56. The maximum Gasteiger partial charge on any atom is 0.253 e. The molecule has 1 fully saturated rings. The molecule has 21 heavy (non-hydrogen) atoms. The number of thioether (sulfide) groups is 1. The maximum atomic E-state index is 12.4. The highest BCUT2D eigenvalue weighted by Crippen LogP contribution is 2.18. The third-order valence-electron chi connectivity index (χ3n) is 4.00. The van der Waals surface area contributed by atoms with E-state index in [1.807, 2.05) is 25.0 Å². The Bertz CT molecular complexity index is 690. The Balaban J connectivity index is 1.95. The molecule has 3 rings (SSSR count). The first kappa shape index (κ1) is 14.3. The molecule has 0 aromatic carbocycles. The number of hydrogen-bond donors (Lipinski definition) is 0. The monoisotopic (exact) mass is 305 g/mol. The van der Waals surface area contributed by atoms with Crippen molar-refractivity contribution in [3.63, 3.8) is 0 Å². The highest BCUT2D eigenvalue weighted by Gasteiger charge is 2.21. The SMILES string of the molecule is CSc1nc2nc(C)c(CC(=O)N3CCCC3)c(C)n2n1. The Morgan fingerprint density at radius 3 is 2.62 bits per heavy atom. The zero-order valence-corrected chi connectivity index (χ0v) is 13.4. The average molecular weight is 305 g/mol. The fourth-order valence-electron chi connectivity index (χ4n) is 2.76. The quantitative estimate of drug-likeness (QED) is 0.807. The molecule has 0 saturated carbocycles. The molecule has 0 N–H and O–H groups in total. The summed E-state index contributed by atoms with van der Waals surface area (Å²) in [5.74, 6) is 0.789. The summed E-state index contributed by atoms with van der Waals surface area (Å²) in [6.45, 7) is 5.68. The van der Waals surface area contributed by atoms with Gasteiger partial charge in [0, 0.05) is 30.0 Å². The molecule has 3 heterocycles. The van der Waals surface area contributed by atoms with Crippen LogP contribution in [0.15, 0.2) is 5.16 Å². The number of rotatable bonds is 3. The van der Waals surface area contributed by atoms with Crippen LogP contribution in [0, 0.1) is 13.8 Å². The molecule has 0 atom stereocenters. The minimum Gasteiger partial charge on any atom is -0.342 e. The molecular weight excluding hydrogens is 286 g/mol. The number of hydrogen-bond acceptors (Lipinski definition) is 5. The van der Waals surface area contributed by atoms with Gasteiger partial charge in [0.25, 0.3) is 5.78 Å². The van der Waals surface area contributed by atoms with Crippen molar-refractivity contribution in [1.29, 1.82) is 0 Å². The van der Waals surface area contributed by atoms with Crippen LogP contribution in [0.3, 0.4) is 0 Å². The third-order valence-corrected chi connectivity index (χ3v) is 4.54. The Labute approximate surface area is 128 Å². The number of fused-ring (bicyclic) bond motifs is 1. The Kier molecular flexibility index (Phi) is 3.84. The van der Waals surface area contributed by atoms with E-state index in [1.54, 1.807) is 4.52 Å². The lowest BCUT2D eigenvalue weighted by molar-refractivity contribution is -0.129. The van der Waals surface area contributed by atoms with Crippen molar-refractivity contribution in [3.8, 4) is 0 Å². The zero-order chi connectivity index (χ0) is 15.0. The van der Waals surface area contributed by atoms with Gasteiger partial charge in [-0.2, -0.15) is 4.98 Å².